The van der Waals surface area contributed by atoms with E-state index < -0.39 is 0 Å². The van der Waals surface area contributed by atoms with E-state index in [2.05, 4.69) is 4.90 Å². The molecule has 0 atom stereocenters. The van der Waals surface area contributed by atoms with Crippen molar-refractivity contribution in [2.24, 2.45) is 5.73 Å². The summed E-state index contributed by atoms with van der Waals surface area (Å²) in [6.07, 6.45) is 2.47. The summed E-state index contributed by atoms with van der Waals surface area (Å²) in [6, 6.07) is 7.50. The summed E-state index contributed by atoms with van der Waals surface area (Å²) in [7, 11) is 0. The van der Waals surface area contributed by atoms with Gasteiger partial charge in [0.2, 0.25) is 0 Å². The maximum absolute atomic E-state index is 9.23. The van der Waals surface area contributed by atoms with Crippen molar-refractivity contribution in [3.05, 3.63) is 29.8 Å². The Morgan fingerprint density at radius 3 is 2.47 bits per heavy atom. The second kappa shape index (κ2) is 6.28. The predicted molar refractivity (Wildman–Crippen MR) is 73.1 cm³/mol. The van der Waals surface area contributed by atoms with Gasteiger partial charge in [0.1, 0.15) is 5.75 Å². The van der Waals surface area contributed by atoms with Crippen molar-refractivity contribution >= 4 is 11.8 Å². The van der Waals surface area contributed by atoms with Gasteiger partial charge < -0.3 is 10.8 Å². The third-order valence-electron chi connectivity index (χ3n) is 3.21. The fourth-order valence-corrected chi connectivity index (χ4v) is 3.05. The Morgan fingerprint density at radius 1 is 1.24 bits per heavy atom. The topological polar surface area (TPSA) is 49.5 Å². The van der Waals surface area contributed by atoms with E-state index in [1.54, 1.807) is 12.1 Å². The summed E-state index contributed by atoms with van der Waals surface area (Å²) >= 11 is 1.88. The average Bonchev–Trinajstić information content (AvgIpc) is 2.35. The highest BCUT2D eigenvalue weighted by atomic mass is 32.2. The molecule has 3 N–H and O–H groups in total. The van der Waals surface area contributed by atoms with E-state index in [0.717, 1.165) is 30.8 Å². The van der Waals surface area contributed by atoms with Gasteiger partial charge in [-0.15, -0.1) is 11.8 Å². The van der Waals surface area contributed by atoms with Gasteiger partial charge in [0, 0.05) is 17.7 Å². The van der Waals surface area contributed by atoms with Crippen LogP contribution in [0.4, 0.5) is 0 Å². The first-order chi connectivity index (χ1) is 8.28. The highest BCUT2D eigenvalue weighted by molar-refractivity contribution is 7.99. The lowest BCUT2D eigenvalue weighted by molar-refractivity contribution is 0.225. The molecule has 2 rings (SSSR count). The molecule has 0 aliphatic carbocycles. The van der Waals surface area contributed by atoms with Gasteiger partial charge in [0.25, 0.3) is 0 Å². The molecular formula is C13H20N2OS. The number of likely N-dealkylation sites (tertiary alicyclic amines) is 1. The number of rotatable bonds is 4. The Bertz CT molecular complexity index is 334. The van der Waals surface area contributed by atoms with Crippen molar-refractivity contribution in [1.82, 2.24) is 4.90 Å². The van der Waals surface area contributed by atoms with Gasteiger partial charge in [-0.2, -0.15) is 0 Å². The number of piperidine rings is 1. The molecule has 1 aromatic carbocycles. The zero-order valence-electron chi connectivity index (χ0n) is 10.0. The summed E-state index contributed by atoms with van der Waals surface area (Å²) in [5.74, 6) is 1.08. The highest BCUT2D eigenvalue weighted by Crippen LogP contribution is 2.23. The van der Waals surface area contributed by atoms with E-state index in [-0.39, 0.29) is 0 Å². The average molecular weight is 252 g/mol. The normalized spacial score (nSPS) is 18.4. The molecule has 1 aromatic rings. The largest absolute Gasteiger partial charge is 0.508 e. The van der Waals surface area contributed by atoms with Crippen molar-refractivity contribution in [3.8, 4) is 5.75 Å². The molecule has 0 radical (unpaired) electrons. The number of phenols is 1. The van der Waals surface area contributed by atoms with Crippen LogP contribution in [0.15, 0.2) is 24.3 Å². The van der Waals surface area contributed by atoms with Gasteiger partial charge >= 0.3 is 0 Å². The van der Waals surface area contributed by atoms with Crippen LogP contribution in [0.3, 0.4) is 0 Å². The number of hydrogen-bond donors (Lipinski definition) is 2. The number of aromatic hydroxyl groups is 1. The van der Waals surface area contributed by atoms with E-state index in [9.17, 15) is 5.11 Å². The molecule has 1 heterocycles. The van der Waals surface area contributed by atoms with E-state index in [1.807, 2.05) is 23.9 Å². The first-order valence-corrected chi connectivity index (χ1v) is 7.15. The molecule has 0 unspecified atom stereocenters. The maximum atomic E-state index is 9.23. The summed E-state index contributed by atoms with van der Waals surface area (Å²) < 4.78 is 0. The lowest BCUT2D eigenvalue weighted by Crippen LogP contribution is -2.34. The molecule has 3 nitrogen and oxygen atoms in total. The van der Waals surface area contributed by atoms with Crippen molar-refractivity contribution in [2.75, 3.05) is 19.0 Å². The van der Waals surface area contributed by atoms with Gasteiger partial charge in [-0.1, -0.05) is 12.1 Å². The number of phenolic OH excluding ortho intramolecular Hbond substituents is 1. The van der Waals surface area contributed by atoms with Crippen LogP contribution in [0, 0.1) is 0 Å². The Hall–Kier alpha value is -0.710. The second-order valence-electron chi connectivity index (χ2n) is 4.48. The Balaban J connectivity index is 1.79. The third-order valence-corrected chi connectivity index (χ3v) is 4.34. The van der Waals surface area contributed by atoms with Gasteiger partial charge in [-0.3, -0.25) is 4.90 Å². The first-order valence-electron chi connectivity index (χ1n) is 6.10. The minimum absolute atomic E-state index is 0.340. The summed E-state index contributed by atoms with van der Waals surface area (Å²) in [5.41, 5.74) is 6.83. The third kappa shape index (κ3) is 3.91. The predicted octanol–water partition coefficient (Wildman–Crippen LogP) is 2.01. The smallest absolute Gasteiger partial charge is 0.115 e. The molecule has 1 fully saturated rings. The van der Waals surface area contributed by atoms with Crippen molar-refractivity contribution in [3.63, 3.8) is 0 Å². The molecular weight excluding hydrogens is 232 g/mol. The zero-order valence-corrected chi connectivity index (χ0v) is 10.8. The van der Waals surface area contributed by atoms with Crippen LogP contribution in [0.1, 0.15) is 18.4 Å². The van der Waals surface area contributed by atoms with Gasteiger partial charge in [0.05, 0.1) is 0 Å². The lowest BCUT2D eigenvalue weighted by atomic mass is 10.1. The molecule has 0 saturated carbocycles. The molecule has 0 spiro atoms. The standard InChI is InChI=1S/C13H20N2OS/c14-10-17-13-5-7-15(8-6-13)9-11-1-3-12(16)4-2-11/h1-4,13,16H,5-10,14H2. The molecule has 94 valence electrons. The van der Waals surface area contributed by atoms with E-state index >= 15 is 0 Å². The molecule has 1 aliphatic heterocycles. The fraction of sp³-hybridized carbons (Fsp3) is 0.538. The van der Waals surface area contributed by atoms with Crippen LogP contribution in [-0.4, -0.2) is 34.2 Å². The minimum Gasteiger partial charge on any atom is -0.508 e. The lowest BCUT2D eigenvalue weighted by Gasteiger charge is -2.31. The zero-order chi connectivity index (χ0) is 12.1. The second-order valence-corrected chi connectivity index (χ2v) is 5.81. The first kappa shape index (κ1) is 12.7. The van der Waals surface area contributed by atoms with Gasteiger partial charge in [-0.05, 0) is 43.6 Å². The van der Waals surface area contributed by atoms with Crippen LogP contribution in [0.25, 0.3) is 0 Å². The molecule has 1 aliphatic rings. The van der Waals surface area contributed by atoms with Crippen LogP contribution in [-0.2, 0) is 6.54 Å². The van der Waals surface area contributed by atoms with Crippen molar-refractivity contribution in [2.45, 2.75) is 24.6 Å². The SMILES string of the molecule is NCSC1CCN(Cc2ccc(O)cc2)CC1. The molecule has 0 amide bonds. The van der Waals surface area contributed by atoms with Gasteiger partial charge in [-0.25, -0.2) is 0 Å². The number of thioether (sulfide) groups is 1. The molecule has 0 aromatic heterocycles. The van der Waals surface area contributed by atoms with E-state index in [4.69, 9.17) is 5.73 Å². The summed E-state index contributed by atoms with van der Waals surface area (Å²) in [5, 5.41) is 9.97. The molecule has 17 heavy (non-hydrogen) atoms. The summed E-state index contributed by atoms with van der Waals surface area (Å²) in [6.45, 7) is 3.29. The fourth-order valence-electron chi connectivity index (χ4n) is 2.23. The van der Waals surface area contributed by atoms with Gasteiger partial charge in [0.15, 0.2) is 0 Å². The van der Waals surface area contributed by atoms with Crippen LogP contribution < -0.4 is 5.73 Å². The van der Waals surface area contributed by atoms with E-state index in [0.29, 0.717) is 5.75 Å². The number of nitrogens with zero attached hydrogens (tertiary/aromatic N) is 1. The Labute approximate surface area is 107 Å². The molecule has 1 saturated heterocycles. The highest BCUT2D eigenvalue weighted by Gasteiger charge is 2.18. The van der Waals surface area contributed by atoms with Crippen molar-refractivity contribution < 1.29 is 5.11 Å². The molecule has 0 bridgehead atoms. The summed E-state index contributed by atoms with van der Waals surface area (Å²) in [4.78, 5) is 2.47. The Kier molecular flexibility index (Phi) is 4.71. The minimum atomic E-state index is 0.340. The van der Waals surface area contributed by atoms with Crippen molar-refractivity contribution in [1.29, 1.82) is 0 Å². The van der Waals surface area contributed by atoms with Crippen LogP contribution in [0.5, 0.6) is 5.75 Å². The van der Waals surface area contributed by atoms with Crippen LogP contribution in [0.2, 0.25) is 0 Å². The van der Waals surface area contributed by atoms with Crippen LogP contribution >= 0.6 is 11.8 Å². The number of benzene rings is 1. The molecule has 4 heteroatoms. The Morgan fingerprint density at radius 2 is 1.88 bits per heavy atom. The maximum Gasteiger partial charge on any atom is 0.115 e. The monoisotopic (exact) mass is 252 g/mol. The van der Waals surface area contributed by atoms with E-state index in [1.165, 1.54) is 18.4 Å². The number of hydrogen-bond acceptors (Lipinski definition) is 4. The quantitative estimate of drug-likeness (QED) is 0.805. The number of nitrogens with two attached hydrogens (primary N) is 1.